The third kappa shape index (κ3) is 2.13. The van der Waals surface area contributed by atoms with Gasteiger partial charge in [0, 0.05) is 13.1 Å². The van der Waals surface area contributed by atoms with Gasteiger partial charge in [-0.25, -0.2) is 4.79 Å². The molecule has 1 aromatic heterocycles. The molecular weight excluding hydrogens is 236 g/mol. The lowest BCUT2D eigenvalue weighted by Crippen LogP contribution is -2.44. The number of rotatable bonds is 4. The number of aliphatic hydroxyl groups is 1. The maximum Gasteiger partial charge on any atom is 0.330 e. The molecule has 1 aliphatic carbocycles. The molecule has 7 heteroatoms. The van der Waals surface area contributed by atoms with Gasteiger partial charge in [-0.2, -0.15) is 0 Å². The summed E-state index contributed by atoms with van der Waals surface area (Å²) in [6, 6.07) is 0. The summed E-state index contributed by atoms with van der Waals surface area (Å²) in [6.45, 7) is 2.40. The van der Waals surface area contributed by atoms with Gasteiger partial charge in [-0.1, -0.05) is 0 Å². The molecule has 7 nitrogen and oxygen atoms in total. The van der Waals surface area contributed by atoms with Gasteiger partial charge in [0.1, 0.15) is 11.5 Å². The fraction of sp³-hybridized carbons (Fsp3) is 0.636. The maximum atomic E-state index is 11.7. The number of H-pyrrole nitrogens is 1. The van der Waals surface area contributed by atoms with E-state index in [4.69, 9.17) is 5.73 Å². The van der Waals surface area contributed by atoms with Crippen molar-refractivity contribution in [2.45, 2.75) is 38.3 Å². The topological polar surface area (TPSA) is 113 Å². The molecule has 1 fully saturated rings. The minimum atomic E-state index is -0.758. The number of aromatic amines is 1. The summed E-state index contributed by atoms with van der Waals surface area (Å²) in [4.78, 5) is 25.3. The Bertz CT molecular complexity index is 556. The van der Waals surface area contributed by atoms with E-state index in [9.17, 15) is 14.7 Å². The summed E-state index contributed by atoms with van der Waals surface area (Å²) in [5.41, 5.74) is 4.10. The van der Waals surface area contributed by atoms with Crippen molar-refractivity contribution in [3.05, 3.63) is 20.8 Å². The van der Waals surface area contributed by atoms with Gasteiger partial charge in [0.05, 0.1) is 5.60 Å². The molecule has 1 aliphatic rings. The number of aromatic nitrogens is 2. The largest absolute Gasteiger partial charge is 0.388 e. The van der Waals surface area contributed by atoms with Crippen LogP contribution in [-0.4, -0.2) is 26.8 Å². The van der Waals surface area contributed by atoms with Crippen LogP contribution < -0.4 is 22.3 Å². The highest BCUT2D eigenvalue weighted by Gasteiger charge is 2.34. The molecular formula is C11H18N4O3. The number of nitrogen functional groups attached to an aromatic ring is 1. The molecule has 0 bridgehead atoms. The van der Waals surface area contributed by atoms with Crippen LogP contribution in [0.2, 0.25) is 0 Å². The number of anilines is 2. The van der Waals surface area contributed by atoms with E-state index in [2.05, 4.69) is 10.3 Å². The molecule has 2 rings (SSSR count). The van der Waals surface area contributed by atoms with E-state index in [1.54, 1.807) is 6.92 Å². The molecule has 18 heavy (non-hydrogen) atoms. The van der Waals surface area contributed by atoms with Crippen LogP contribution in [0.4, 0.5) is 11.5 Å². The summed E-state index contributed by atoms with van der Waals surface area (Å²) in [7, 11) is 0. The number of hydrogen-bond acceptors (Lipinski definition) is 5. The number of hydrogen-bond donors (Lipinski definition) is 4. The summed E-state index contributed by atoms with van der Waals surface area (Å²) >= 11 is 0. The van der Waals surface area contributed by atoms with E-state index in [1.807, 2.05) is 0 Å². The monoisotopic (exact) mass is 254 g/mol. The van der Waals surface area contributed by atoms with Gasteiger partial charge >= 0.3 is 5.69 Å². The van der Waals surface area contributed by atoms with Gasteiger partial charge in [-0.05, 0) is 26.2 Å². The summed E-state index contributed by atoms with van der Waals surface area (Å²) in [5, 5.41) is 12.8. The first kappa shape index (κ1) is 12.7. The van der Waals surface area contributed by atoms with Gasteiger partial charge in [0.15, 0.2) is 0 Å². The Morgan fingerprint density at radius 1 is 1.50 bits per heavy atom. The zero-order valence-corrected chi connectivity index (χ0v) is 10.3. The normalized spacial score (nSPS) is 17.2. The molecule has 0 aromatic carbocycles. The molecule has 100 valence electrons. The highest BCUT2D eigenvalue weighted by atomic mass is 16.3. The lowest BCUT2D eigenvalue weighted by atomic mass is 9.80. The number of nitrogens with one attached hydrogen (secondary N) is 2. The summed E-state index contributed by atoms with van der Waals surface area (Å²) < 4.78 is 1.27. The van der Waals surface area contributed by atoms with Crippen molar-refractivity contribution in [2.24, 2.45) is 0 Å². The highest BCUT2D eigenvalue weighted by Crippen LogP contribution is 2.31. The van der Waals surface area contributed by atoms with Crippen LogP contribution >= 0.6 is 0 Å². The Labute approximate surface area is 104 Å². The zero-order chi connectivity index (χ0) is 13.3. The second-order valence-corrected chi connectivity index (χ2v) is 4.70. The van der Waals surface area contributed by atoms with Crippen LogP contribution in [0.5, 0.6) is 0 Å². The first-order valence-corrected chi connectivity index (χ1v) is 6.06. The van der Waals surface area contributed by atoms with Gasteiger partial charge < -0.3 is 16.2 Å². The zero-order valence-electron chi connectivity index (χ0n) is 10.3. The first-order valence-electron chi connectivity index (χ1n) is 6.06. The molecule has 0 aliphatic heterocycles. The van der Waals surface area contributed by atoms with Crippen molar-refractivity contribution in [1.82, 2.24) is 9.55 Å². The predicted molar refractivity (Wildman–Crippen MR) is 68.7 cm³/mol. The smallest absolute Gasteiger partial charge is 0.330 e. The van der Waals surface area contributed by atoms with E-state index in [1.165, 1.54) is 4.57 Å². The Kier molecular flexibility index (Phi) is 3.16. The second kappa shape index (κ2) is 4.49. The minimum absolute atomic E-state index is 0.106. The van der Waals surface area contributed by atoms with Crippen molar-refractivity contribution < 1.29 is 5.11 Å². The fourth-order valence-electron chi connectivity index (χ4n) is 2.09. The van der Waals surface area contributed by atoms with Gasteiger partial charge in [0.25, 0.3) is 5.56 Å². The van der Waals surface area contributed by atoms with Crippen molar-refractivity contribution in [3.8, 4) is 0 Å². The van der Waals surface area contributed by atoms with Crippen LogP contribution in [0.15, 0.2) is 9.59 Å². The minimum Gasteiger partial charge on any atom is -0.388 e. The third-order valence-electron chi connectivity index (χ3n) is 3.43. The van der Waals surface area contributed by atoms with Gasteiger partial charge in [-0.15, -0.1) is 0 Å². The SMILES string of the molecule is CCn1c(N)c(NCC2(O)CCC2)c(=O)[nH]c1=O. The van der Waals surface area contributed by atoms with E-state index < -0.39 is 16.9 Å². The number of nitrogens with zero attached hydrogens (tertiary/aromatic N) is 1. The van der Waals surface area contributed by atoms with E-state index >= 15 is 0 Å². The Balaban J connectivity index is 2.27. The average molecular weight is 254 g/mol. The maximum absolute atomic E-state index is 11.7. The molecule has 1 aromatic rings. The van der Waals surface area contributed by atoms with Crippen molar-refractivity contribution in [3.63, 3.8) is 0 Å². The Hall–Kier alpha value is -1.76. The highest BCUT2D eigenvalue weighted by molar-refractivity contribution is 5.60. The van der Waals surface area contributed by atoms with Crippen molar-refractivity contribution in [2.75, 3.05) is 17.6 Å². The lowest BCUT2D eigenvalue weighted by Gasteiger charge is -2.36. The average Bonchev–Trinajstić information content (AvgIpc) is 2.26. The van der Waals surface area contributed by atoms with Crippen LogP contribution in [0, 0.1) is 0 Å². The molecule has 0 atom stereocenters. The quantitative estimate of drug-likeness (QED) is 0.576. The van der Waals surface area contributed by atoms with Crippen LogP contribution in [0.1, 0.15) is 26.2 Å². The molecule has 5 N–H and O–H groups in total. The standard InChI is InChI=1S/C11H18N4O3/c1-2-15-8(12)7(9(16)14-10(15)17)13-6-11(18)4-3-5-11/h13,18H,2-6,12H2,1H3,(H,14,16,17). The first-order chi connectivity index (χ1) is 8.47. The summed E-state index contributed by atoms with van der Waals surface area (Å²) in [6.07, 6.45) is 2.41. The Morgan fingerprint density at radius 3 is 2.67 bits per heavy atom. The summed E-state index contributed by atoms with van der Waals surface area (Å²) in [5.74, 6) is 0.106. The molecule has 0 amide bonds. The van der Waals surface area contributed by atoms with Gasteiger partial charge in [0.2, 0.25) is 0 Å². The Morgan fingerprint density at radius 2 is 2.17 bits per heavy atom. The molecule has 0 radical (unpaired) electrons. The van der Waals surface area contributed by atoms with E-state index in [0.29, 0.717) is 19.4 Å². The number of nitrogens with two attached hydrogens (primary N) is 1. The molecule has 0 unspecified atom stereocenters. The van der Waals surface area contributed by atoms with Crippen LogP contribution in [0.3, 0.4) is 0 Å². The van der Waals surface area contributed by atoms with Crippen molar-refractivity contribution in [1.29, 1.82) is 0 Å². The second-order valence-electron chi connectivity index (χ2n) is 4.70. The molecule has 0 saturated heterocycles. The third-order valence-corrected chi connectivity index (χ3v) is 3.43. The van der Waals surface area contributed by atoms with Crippen LogP contribution in [-0.2, 0) is 6.54 Å². The van der Waals surface area contributed by atoms with E-state index in [0.717, 1.165) is 6.42 Å². The fourth-order valence-corrected chi connectivity index (χ4v) is 2.09. The molecule has 1 saturated carbocycles. The molecule has 0 spiro atoms. The van der Waals surface area contributed by atoms with E-state index in [-0.39, 0.29) is 18.1 Å². The van der Waals surface area contributed by atoms with Crippen molar-refractivity contribution >= 4 is 11.5 Å². The predicted octanol–water partition coefficient (Wildman–Crippen LogP) is -0.534. The van der Waals surface area contributed by atoms with Gasteiger partial charge in [-0.3, -0.25) is 14.3 Å². The van der Waals surface area contributed by atoms with Crippen LogP contribution in [0.25, 0.3) is 0 Å². The molecule has 1 heterocycles. The lowest BCUT2D eigenvalue weighted by molar-refractivity contribution is -0.0202.